The van der Waals surface area contributed by atoms with Gasteiger partial charge in [-0.3, -0.25) is 24.5 Å². The van der Waals surface area contributed by atoms with Crippen LogP contribution in [0.5, 0.6) is 0 Å². The van der Waals surface area contributed by atoms with E-state index in [-0.39, 0.29) is 29.0 Å². The zero-order valence-electron chi connectivity index (χ0n) is 22.1. The first-order chi connectivity index (χ1) is 19.9. The summed E-state index contributed by atoms with van der Waals surface area (Å²) in [5, 5.41) is 22.8. The normalized spacial score (nSPS) is 16.4. The van der Waals surface area contributed by atoms with Crippen molar-refractivity contribution in [3.8, 4) is 0 Å². The van der Waals surface area contributed by atoms with Gasteiger partial charge in [0.05, 0.1) is 12.0 Å². The van der Waals surface area contributed by atoms with Gasteiger partial charge in [-0.25, -0.2) is 19.6 Å². The minimum atomic E-state index is -1.77. The Hall–Kier alpha value is -4.68. The number of rotatable bonds is 13. The Kier molecular flexibility index (Phi) is 10.5. The van der Waals surface area contributed by atoms with Gasteiger partial charge in [0.1, 0.15) is 24.2 Å². The van der Waals surface area contributed by atoms with Crippen molar-refractivity contribution in [3.05, 3.63) is 51.0 Å². The van der Waals surface area contributed by atoms with E-state index < -0.39 is 58.0 Å². The number of β-lactam (4-membered cyclic amide) rings is 1. The largest absolute Gasteiger partial charge is 0.467 e. The highest BCUT2D eigenvalue weighted by Gasteiger charge is 2.46. The number of non-ortho nitro benzene ring substituents is 1. The van der Waals surface area contributed by atoms with E-state index in [2.05, 4.69) is 30.8 Å². The number of hydrogen-bond donors (Lipinski definition) is 3. The monoisotopic (exact) mass is 626 g/mol. The van der Waals surface area contributed by atoms with Crippen LogP contribution in [-0.2, 0) is 49.9 Å². The number of nitro groups is 1. The highest BCUT2D eigenvalue weighted by atomic mass is 35.5. The molecule has 224 valence electrons. The maximum atomic E-state index is 13.1. The van der Waals surface area contributed by atoms with Gasteiger partial charge in [-0.2, -0.15) is 0 Å². The summed E-state index contributed by atoms with van der Waals surface area (Å²) in [7, 11) is 1.11. The van der Waals surface area contributed by atoms with Crippen LogP contribution < -0.4 is 16.0 Å². The number of hydrogen-bond acceptors (Lipinski definition) is 14. The van der Waals surface area contributed by atoms with Gasteiger partial charge in [-0.15, -0.1) is 27.8 Å². The first kappa shape index (κ1) is 31.8. The van der Waals surface area contributed by atoms with Crippen molar-refractivity contribution in [2.75, 3.05) is 18.3 Å². The van der Waals surface area contributed by atoms with Crippen LogP contribution >= 0.6 is 22.9 Å². The van der Waals surface area contributed by atoms with Crippen molar-refractivity contribution in [3.63, 3.8) is 0 Å². The maximum Gasteiger partial charge on any atom is 0.342 e. The molecule has 1 aliphatic rings. The van der Waals surface area contributed by atoms with Crippen LogP contribution in [0.4, 0.5) is 10.8 Å². The number of anilines is 1. The molecule has 0 bridgehead atoms. The first-order valence-electron chi connectivity index (χ1n) is 11.7. The molecule has 2 atom stereocenters. The first-order valence-corrected chi connectivity index (χ1v) is 13.1. The molecule has 3 amide bonds. The average molecular weight is 627 g/mol. The standard InChI is InChI=1S/C23H23ClN6O11S/c1-23(2,21(35)39-9-11-4-6-12(7-5-11)30(36)37)40-41-29-15(13-10-42-22(25-13)26-14(31)8-24)18(32)27-16-17(20(34)38-3)28-19(16)33/h4-7,10,16-17H,8-9H2,1-3H3,(H,27,32)(H,28,33)(H,25,26,31)/b29-15-. The van der Waals surface area contributed by atoms with Crippen molar-refractivity contribution in [2.24, 2.45) is 5.16 Å². The van der Waals surface area contributed by atoms with Crippen molar-refractivity contribution in [1.29, 1.82) is 0 Å². The van der Waals surface area contributed by atoms with Gasteiger partial charge in [-0.05, 0) is 36.7 Å². The number of esters is 2. The number of aromatic nitrogens is 1. The summed E-state index contributed by atoms with van der Waals surface area (Å²) >= 11 is 6.39. The fraction of sp³-hybridized carbons (Fsp3) is 0.348. The Morgan fingerprint density at radius 3 is 2.52 bits per heavy atom. The molecule has 2 unspecified atom stereocenters. The molecule has 2 aromatic rings. The van der Waals surface area contributed by atoms with Gasteiger partial charge in [0.15, 0.2) is 16.9 Å². The van der Waals surface area contributed by atoms with E-state index in [0.29, 0.717) is 5.56 Å². The van der Waals surface area contributed by atoms with E-state index in [1.54, 1.807) is 0 Å². The Morgan fingerprint density at radius 2 is 1.93 bits per heavy atom. The van der Waals surface area contributed by atoms with Crippen molar-refractivity contribution < 1.29 is 48.2 Å². The summed E-state index contributed by atoms with van der Waals surface area (Å²) in [6, 6.07) is 2.88. The summed E-state index contributed by atoms with van der Waals surface area (Å²) < 4.78 is 9.76. The van der Waals surface area contributed by atoms with Crippen LogP contribution in [0.25, 0.3) is 0 Å². The third-order valence-corrected chi connectivity index (χ3v) is 6.37. The average Bonchev–Trinajstić information content (AvgIpc) is 3.42. The molecule has 0 aliphatic carbocycles. The van der Waals surface area contributed by atoms with E-state index in [0.717, 1.165) is 18.4 Å². The van der Waals surface area contributed by atoms with Crippen LogP contribution in [-0.4, -0.2) is 76.0 Å². The lowest BCUT2D eigenvalue weighted by Gasteiger charge is -2.34. The van der Waals surface area contributed by atoms with Gasteiger partial charge >= 0.3 is 11.9 Å². The van der Waals surface area contributed by atoms with Crippen molar-refractivity contribution >= 4 is 69.1 Å². The van der Waals surface area contributed by atoms with Gasteiger partial charge in [-0.1, -0.05) is 0 Å². The molecule has 2 heterocycles. The number of thiazole rings is 1. The highest BCUT2D eigenvalue weighted by molar-refractivity contribution is 7.14. The van der Waals surface area contributed by atoms with Gasteiger partial charge in [0.25, 0.3) is 11.6 Å². The molecule has 17 nitrogen and oxygen atoms in total. The molecule has 1 saturated heterocycles. The van der Waals surface area contributed by atoms with E-state index in [1.165, 1.54) is 43.5 Å². The molecule has 0 radical (unpaired) electrons. The van der Waals surface area contributed by atoms with Crippen LogP contribution in [0.1, 0.15) is 25.1 Å². The molecule has 1 aliphatic heterocycles. The minimum Gasteiger partial charge on any atom is -0.467 e. The Morgan fingerprint density at radius 1 is 1.24 bits per heavy atom. The summed E-state index contributed by atoms with van der Waals surface area (Å²) in [6.45, 7) is 2.33. The topological polar surface area (TPSA) is 227 Å². The second kappa shape index (κ2) is 13.8. The van der Waals surface area contributed by atoms with Crippen molar-refractivity contribution in [2.45, 2.75) is 38.1 Å². The molecular formula is C23H23ClN6O11S. The highest BCUT2D eigenvalue weighted by Crippen LogP contribution is 2.19. The van der Waals surface area contributed by atoms with Gasteiger partial charge in [0, 0.05) is 17.5 Å². The van der Waals surface area contributed by atoms with E-state index in [9.17, 15) is 34.1 Å². The van der Waals surface area contributed by atoms with Gasteiger partial charge < -0.3 is 25.4 Å². The number of nitrogens with one attached hydrogen (secondary N) is 3. The summed E-state index contributed by atoms with van der Waals surface area (Å²) in [5.74, 6) is -4.32. The molecule has 1 aromatic carbocycles. The number of oxime groups is 1. The van der Waals surface area contributed by atoms with Crippen LogP contribution in [0, 0.1) is 10.1 Å². The van der Waals surface area contributed by atoms with Gasteiger partial charge in [0.2, 0.25) is 17.4 Å². The Bertz CT molecular complexity index is 1410. The predicted molar refractivity (Wildman–Crippen MR) is 143 cm³/mol. The lowest BCUT2D eigenvalue weighted by atomic mass is 9.99. The number of nitro benzene ring substituents is 1. The lowest BCUT2D eigenvalue weighted by molar-refractivity contribution is -0.384. The number of carbonyl (C=O) groups is 5. The number of nitrogens with zero attached hydrogens (tertiary/aromatic N) is 3. The second-order valence-corrected chi connectivity index (χ2v) is 9.91. The Balaban J connectivity index is 1.71. The molecule has 0 spiro atoms. The number of carbonyl (C=O) groups excluding carboxylic acids is 5. The molecular weight excluding hydrogens is 604 g/mol. The van der Waals surface area contributed by atoms with E-state index >= 15 is 0 Å². The number of alkyl halides is 1. The Labute approximate surface area is 245 Å². The number of amides is 3. The minimum absolute atomic E-state index is 0.0565. The zero-order valence-corrected chi connectivity index (χ0v) is 23.6. The fourth-order valence-electron chi connectivity index (χ4n) is 3.08. The van der Waals surface area contributed by atoms with Crippen LogP contribution in [0.15, 0.2) is 34.8 Å². The van der Waals surface area contributed by atoms with E-state index in [1.807, 2.05) is 0 Å². The molecule has 1 fully saturated rings. The number of ether oxygens (including phenoxy) is 2. The quantitative estimate of drug-likeness (QED) is 0.0527. The predicted octanol–water partition coefficient (Wildman–Crippen LogP) is 0.559. The molecule has 1 aromatic heterocycles. The van der Waals surface area contributed by atoms with E-state index in [4.69, 9.17) is 26.2 Å². The third kappa shape index (κ3) is 7.95. The van der Waals surface area contributed by atoms with Crippen LogP contribution in [0.2, 0.25) is 0 Å². The lowest BCUT2D eigenvalue weighted by Crippen LogP contribution is -2.72. The summed E-state index contributed by atoms with van der Waals surface area (Å²) in [6.07, 6.45) is 0. The summed E-state index contributed by atoms with van der Waals surface area (Å²) in [5.41, 5.74) is -2.10. The molecule has 0 saturated carbocycles. The number of methoxy groups -OCH3 is 1. The zero-order chi connectivity index (χ0) is 31.0. The van der Waals surface area contributed by atoms with Crippen LogP contribution in [0.3, 0.4) is 0 Å². The molecule has 42 heavy (non-hydrogen) atoms. The fourth-order valence-corrected chi connectivity index (χ4v) is 3.86. The number of benzene rings is 1. The molecule has 3 rings (SSSR count). The third-order valence-electron chi connectivity index (χ3n) is 5.37. The molecule has 19 heteroatoms. The molecule has 3 N–H and O–H groups in total. The maximum absolute atomic E-state index is 13.1. The van der Waals surface area contributed by atoms with Crippen molar-refractivity contribution in [1.82, 2.24) is 15.6 Å². The SMILES string of the molecule is COC(=O)C1NC(=O)C1NC(=O)/C(=N\OOC(C)(C)C(=O)OCc1ccc([N+](=O)[O-])cc1)c1csc(NC(=O)CCl)n1. The number of halogens is 1. The summed E-state index contributed by atoms with van der Waals surface area (Å²) in [4.78, 5) is 85.2. The second-order valence-electron chi connectivity index (χ2n) is 8.79. The smallest absolute Gasteiger partial charge is 0.342 e.